The van der Waals surface area contributed by atoms with Gasteiger partial charge in [0.2, 0.25) is 0 Å². The zero-order valence-corrected chi connectivity index (χ0v) is 13.2. The highest BCUT2D eigenvalue weighted by atomic mass is 15.0. The molecule has 2 aromatic rings. The van der Waals surface area contributed by atoms with E-state index in [1.54, 1.807) is 0 Å². The van der Waals surface area contributed by atoms with Gasteiger partial charge in [0.05, 0.1) is 0 Å². The monoisotopic (exact) mass is 271 g/mol. The van der Waals surface area contributed by atoms with Gasteiger partial charge in [0.15, 0.2) is 0 Å². The first-order valence-electron chi connectivity index (χ1n) is 7.06. The lowest BCUT2D eigenvalue weighted by Gasteiger charge is -2.11. The van der Waals surface area contributed by atoms with E-state index in [9.17, 15) is 0 Å². The molecule has 2 rings (SSSR count). The van der Waals surface area contributed by atoms with E-state index in [4.69, 9.17) is 0 Å². The molecule has 0 aliphatic carbocycles. The number of rotatable bonds is 5. The molecule has 0 saturated carbocycles. The maximum Gasteiger partial charge on any atom is 0.0418 e. The number of hydrogen-bond acceptors (Lipinski definition) is 2. The zero-order valence-electron chi connectivity index (χ0n) is 13.2. The van der Waals surface area contributed by atoms with E-state index >= 15 is 0 Å². The van der Waals surface area contributed by atoms with Gasteiger partial charge in [-0.1, -0.05) is 12.1 Å². The average Bonchev–Trinajstić information content (AvgIpc) is 2.65. The second-order valence-corrected chi connectivity index (χ2v) is 5.74. The third-order valence-electron chi connectivity index (χ3n) is 3.82. The largest absolute Gasteiger partial charge is 0.381 e. The van der Waals surface area contributed by atoms with Crippen LogP contribution in [0.2, 0.25) is 0 Å². The van der Waals surface area contributed by atoms with Gasteiger partial charge in [0.25, 0.3) is 0 Å². The molecule has 3 heteroatoms. The van der Waals surface area contributed by atoms with Crippen LogP contribution in [0.15, 0.2) is 30.3 Å². The molecule has 0 spiro atoms. The number of benzene rings is 1. The summed E-state index contributed by atoms with van der Waals surface area (Å²) in [4.78, 5) is 2.18. The first-order chi connectivity index (χ1) is 9.47. The summed E-state index contributed by atoms with van der Waals surface area (Å²) in [6.45, 7) is 6.18. The van der Waals surface area contributed by atoms with E-state index in [2.05, 4.69) is 80.1 Å². The highest BCUT2D eigenvalue weighted by Crippen LogP contribution is 2.16. The Bertz CT molecular complexity index is 565. The summed E-state index contributed by atoms with van der Waals surface area (Å²) in [5.74, 6) is 0. The van der Waals surface area contributed by atoms with Gasteiger partial charge in [0, 0.05) is 37.2 Å². The van der Waals surface area contributed by atoms with Crippen molar-refractivity contribution in [2.75, 3.05) is 19.4 Å². The second-order valence-electron chi connectivity index (χ2n) is 5.74. The number of aryl methyl sites for hydroxylation is 1. The normalized spacial score (nSPS) is 11.1. The number of anilines is 1. The van der Waals surface area contributed by atoms with Crippen molar-refractivity contribution in [1.29, 1.82) is 0 Å². The lowest BCUT2D eigenvalue weighted by atomic mass is 10.2. The van der Waals surface area contributed by atoms with Gasteiger partial charge in [-0.3, -0.25) is 0 Å². The Morgan fingerprint density at radius 3 is 2.25 bits per heavy atom. The molecule has 0 aliphatic heterocycles. The Hall–Kier alpha value is -1.74. The fourth-order valence-corrected chi connectivity index (χ4v) is 2.40. The molecule has 0 amide bonds. The molecule has 1 heterocycles. The molecule has 108 valence electrons. The van der Waals surface area contributed by atoms with Crippen LogP contribution in [0, 0.1) is 13.8 Å². The lowest BCUT2D eigenvalue weighted by molar-refractivity contribution is 0.402. The predicted octanol–water partition coefficient (Wildman–Crippen LogP) is 3.32. The molecular weight excluding hydrogens is 246 g/mol. The molecule has 0 atom stereocenters. The van der Waals surface area contributed by atoms with Crippen molar-refractivity contribution in [3.8, 4) is 0 Å². The SMILES string of the molecule is Cc1cc(CNc2ccc(CN(C)C)cc2)c(C)n1C. The van der Waals surface area contributed by atoms with E-state index in [1.807, 2.05) is 0 Å². The molecule has 0 unspecified atom stereocenters. The number of aromatic nitrogens is 1. The van der Waals surface area contributed by atoms with Crippen LogP contribution >= 0.6 is 0 Å². The fraction of sp³-hybridized carbons (Fsp3) is 0.412. The predicted molar refractivity (Wildman–Crippen MR) is 86.0 cm³/mol. The van der Waals surface area contributed by atoms with E-state index in [0.717, 1.165) is 13.1 Å². The zero-order chi connectivity index (χ0) is 14.7. The van der Waals surface area contributed by atoms with Crippen molar-refractivity contribution < 1.29 is 0 Å². The van der Waals surface area contributed by atoms with Gasteiger partial charge in [-0.05, 0) is 57.3 Å². The van der Waals surface area contributed by atoms with Crippen molar-refractivity contribution in [3.05, 3.63) is 52.8 Å². The number of nitrogens with zero attached hydrogens (tertiary/aromatic N) is 2. The fourth-order valence-electron chi connectivity index (χ4n) is 2.40. The quantitative estimate of drug-likeness (QED) is 0.900. The first kappa shape index (κ1) is 14.7. The van der Waals surface area contributed by atoms with Crippen molar-refractivity contribution >= 4 is 5.69 Å². The van der Waals surface area contributed by atoms with Gasteiger partial charge < -0.3 is 14.8 Å². The Balaban J connectivity index is 1.98. The Kier molecular flexibility index (Phi) is 4.50. The molecule has 0 radical (unpaired) electrons. The van der Waals surface area contributed by atoms with Gasteiger partial charge in [-0.2, -0.15) is 0 Å². The van der Waals surface area contributed by atoms with Gasteiger partial charge in [-0.25, -0.2) is 0 Å². The topological polar surface area (TPSA) is 20.2 Å². The summed E-state index contributed by atoms with van der Waals surface area (Å²) in [5, 5.41) is 3.50. The highest BCUT2D eigenvalue weighted by Gasteiger charge is 2.05. The number of hydrogen-bond donors (Lipinski definition) is 1. The van der Waals surface area contributed by atoms with Crippen LogP contribution in [0.25, 0.3) is 0 Å². The summed E-state index contributed by atoms with van der Waals surface area (Å²) in [7, 11) is 6.30. The first-order valence-corrected chi connectivity index (χ1v) is 7.06. The van der Waals surface area contributed by atoms with Gasteiger partial charge in [0.1, 0.15) is 0 Å². The van der Waals surface area contributed by atoms with Crippen molar-refractivity contribution in [2.45, 2.75) is 26.9 Å². The average molecular weight is 271 g/mol. The molecule has 0 aliphatic rings. The third kappa shape index (κ3) is 3.42. The Morgan fingerprint density at radius 1 is 1.10 bits per heavy atom. The smallest absolute Gasteiger partial charge is 0.0418 e. The molecule has 0 bridgehead atoms. The highest BCUT2D eigenvalue weighted by molar-refractivity contribution is 5.45. The van der Waals surface area contributed by atoms with Crippen LogP contribution in [0.5, 0.6) is 0 Å². The van der Waals surface area contributed by atoms with Crippen LogP contribution in [0.3, 0.4) is 0 Å². The lowest BCUT2D eigenvalue weighted by Crippen LogP contribution is -2.10. The summed E-state index contributed by atoms with van der Waals surface area (Å²) in [5.41, 5.74) is 6.52. The molecule has 1 N–H and O–H groups in total. The molecular formula is C17H25N3. The van der Waals surface area contributed by atoms with Crippen LogP contribution in [0.4, 0.5) is 5.69 Å². The summed E-state index contributed by atoms with van der Waals surface area (Å²) in [6.07, 6.45) is 0. The minimum Gasteiger partial charge on any atom is -0.381 e. The second kappa shape index (κ2) is 6.14. The summed E-state index contributed by atoms with van der Waals surface area (Å²) < 4.78 is 2.23. The van der Waals surface area contributed by atoms with Crippen molar-refractivity contribution in [1.82, 2.24) is 9.47 Å². The van der Waals surface area contributed by atoms with Crippen molar-refractivity contribution in [2.24, 2.45) is 7.05 Å². The van der Waals surface area contributed by atoms with E-state index in [1.165, 1.54) is 28.2 Å². The van der Waals surface area contributed by atoms with Crippen LogP contribution < -0.4 is 5.32 Å². The van der Waals surface area contributed by atoms with Crippen LogP contribution in [-0.4, -0.2) is 23.6 Å². The standard InChI is InChI=1S/C17H25N3/c1-13-10-16(14(2)20(13)5)11-18-17-8-6-15(7-9-17)12-19(3)4/h6-10,18H,11-12H2,1-5H3. The van der Waals surface area contributed by atoms with Gasteiger partial charge in [-0.15, -0.1) is 0 Å². The molecule has 20 heavy (non-hydrogen) atoms. The molecule has 0 fully saturated rings. The molecule has 0 saturated heterocycles. The summed E-state index contributed by atoms with van der Waals surface area (Å²) >= 11 is 0. The summed E-state index contributed by atoms with van der Waals surface area (Å²) in [6, 6.07) is 10.9. The van der Waals surface area contributed by atoms with E-state index in [-0.39, 0.29) is 0 Å². The van der Waals surface area contributed by atoms with E-state index in [0.29, 0.717) is 0 Å². The van der Waals surface area contributed by atoms with Crippen molar-refractivity contribution in [3.63, 3.8) is 0 Å². The maximum absolute atomic E-state index is 3.50. The minimum atomic E-state index is 0.876. The number of nitrogens with one attached hydrogen (secondary N) is 1. The molecule has 1 aromatic carbocycles. The van der Waals surface area contributed by atoms with Crippen LogP contribution in [0.1, 0.15) is 22.5 Å². The maximum atomic E-state index is 3.50. The minimum absolute atomic E-state index is 0.876. The van der Waals surface area contributed by atoms with Crippen LogP contribution in [-0.2, 0) is 20.1 Å². The molecule has 3 nitrogen and oxygen atoms in total. The third-order valence-corrected chi connectivity index (χ3v) is 3.82. The Morgan fingerprint density at radius 2 is 1.75 bits per heavy atom. The Labute approximate surface area is 122 Å². The molecule has 1 aromatic heterocycles. The van der Waals surface area contributed by atoms with E-state index < -0.39 is 0 Å². The van der Waals surface area contributed by atoms with Gasteiger partial charge >= 0.3 is 0 Å².